The third-order valence-corrected chi connectivity index (χ3v) is 3.68. The minimum absolute atomic E-state index is 0.578. The van der Waals surface area contributed by atoms with E-state index in [1.54, 1.807) is 10.9 Å². The van der Waals surface area contributed by atoms with E-state index in [0.717, 1.165) is 28.1 Å². The van der Waals surface area contributed by atoms with E-state index in [2.05, 4.69) is 5.10 Å². The van der Waals surface area contributed by atoms with Crippen molar-refractivity contribution < 1.29 is 4.42 Å². The van der Waals surface area contributed by atoms with Crippen molar-refractivity contribution in [2.75, 3.05) is 5.73 Å². The van der Waals surface area contributed by atoms with Crippen LogP contribution in [-0.4, -0.2) is 9.78 Å². The van der Waals surface area contributed by atoms with Crippen molar-refractivity contribution in [3.05, 3.63) is 47.4 Å². The molecule has 0 aliphatic carbocycles. The minimum atomic E-state index is 0.578. The smallest absolute Gasteiger partial charge is 0.129 e. The highest BCUT2D eigenvalue weighted by Crippen LogP contribution is 2.40. The molecule has 1 aromatic carbocycles. The number of aryl methyl sites for hydroxylation is 2. The van der Waals surface area contributed by atoms with Crippen LogP contribution >= 0.6 is 11.6 Å². The standard InChI is InChI=1S/C15H14ClN3O/c1-9-10(7-8-20-9)14-13(15(17)19(2)18-14)11-5-3-4-6-12(11)16/h3-8H,17H2,1-2H3. The van der Waals surface area contributed by atoms with Gasteiger partial charge in [0.15, 0.2) is 0 Å². The molecule has 0 aliphatic heterocycles. The summed E-state index contributed by atoms with van der Waals surface area (Å²) in [5.74, 6) is 1.38. The molecule has 0 amide bonds. The molecule has 0 spiro atoms. The van der Waals surface area contributed by atoms with Crippen LogP contribution in [0.3, 0.4) is 0 Å². The van der Waals surface area contributed by atoms with Gasteiger partial charge in [0.25, 0.3) is 0 Å². The number of furan rings is 1. The topological polar surface area (TPSA) is 57.0 Å². The molecule has 0 atom stereocenters. The second kappa shape index (κ2) is 4.72. The first kappa shape index (κ1) is 12.8. The van der Waals surface area contributed by atoms with Gasteiger partial charge in [-0.2, -0.15) is 5.10 Å². The fourth-order valence-corrected chi connectivity index (χ4v) is 2.52. The monoisotopic (exact) mass is 287 g/mol. The third kappa shape index (κ3) is 1.89. The van der Waals surface area contributed by atoms with Gasteiger partial charge in [-0.05, 0) is 19.1 Å². The Morgan fingerprint density at radius 1 is 1.20 bits per heavy atom. The second-order valence-electron chi connectivity index (χ2n) is 4.60. The van der Waals surface area contributed by atoms with Crippen molar-refractivity contribution in [1.29, 1.82) is 0 Å². The lowest BCUT2D eigenvalue weighted by atomic mass is 10.0. The first-order valence-electron chi connectivity index (χ1n) is 6.21. The van der Waals surface area contributed by atoms with Crippen molar-refractivity contribution in [3.8, 4) is 22.4 Å². The van der Waals surface area contributed by atoms with Crippen LogP contribution < -0.4 is 5.73 Å². The molecule has 2 heterocycles. The van der Waals surface area contributed by atoms with Gasteiger partial charge in [-0.1, -0.05) is 29.8 Å². The molecule has 4 nitrogen and oxygen atoms in total. The zero-order valence-electron chi connectivity index (χ0n) is 11.2. The number of hydrogen-bond donors (Lipinski definition) is 1. The highest BCUT2D eigenvalue weighted by atomic mass is 35.5. The van der Waals surface area contributed by atoms with Crippen LogP contribution in [0.4, 0.5) is 5.82 Å². The molecule has 0 fully saturated rings. The van der Waals surface area contributed by atoms with Crippen molar-refractivity contribution in [2.24, 2.45) is 7.05 Å². The largest absolute Gasteiger partial charge is 0.469 e. The van der Waals surface area contributed by atoms with E-state index in [1.807, 2.05) is 44.3 Å². The van der Waals surface area contributed by atoms with Crippen LogP contribution in [0.25, 0.3) is 22.4 Å². The van der Waals surface area contributed by atoms with Crippen LogP contribution in [0, 0.1) is 6.92 Å². The Morgan fingerprint density at radius 3 is 2.60 bits per heavy atom. The van der Waals surface area contributed by atoms with E-state index in [-0.39, 0.29) is 0 Å². The number of nitrogens with two attached hydrogens (primary N) is 1. The van der Waals surface area contributed by atoms with Gasteiger partial charge in [-0.15, -0.1) is 0 Å². The van der Waals surface area contributed by atoms with E-state index in [4.69, 9.17) is 21.8 Å². The van der Waals surface area contributed by atoms with Crippen LogP contribution in [0.15, 0.2) is 41.0 Å². The van der Waals surface area contributed by atoms with E-state index in [1.165, 1.54) is 0 Å². The first-order chi connectivity index (χ1) is 9.59. The fourth-order valence-electron chi connectivity index (χ4n) is 2.29. The SMILES string of the molecule is Cc1occc1-c1nn(C)c(N)c1-c1ccccc1Cl. The van der Waals surface area contributed by atoms with E-state index >= 15 is 0 Å². The molecule has 0 unspecified atom stereocenters. The summed E-state index contributed by atoms with van der Waals surface area (Å²) in [6, 6.07) is 9.49. The van der Waals surface area contributed by atoms with Crippen molar-refractivity contribution >= 4 is 17.4 Å². The lowest BCUT2D eigenvalue weighted by Gasteiger charge is -2.05. The Labute approximate surface area is 121 Å². The lowest BCUT2D eigenvalue weighted by Crippen LogP contribution is -1.98. The van der Waals surface area contributed by atoms with E-state index < -0.39 is 0 Å². The summed E-state index contributed by atoms with van der Waals surface area (Å²) >= 11 is 6.30. The highest BCUT2D eigenvalue weighted by Gasteiger charge is 2.21. The number of halogens is 1. The second-order valence-corrected chi connectivity index (χ2v) is 5.01. The van der Waals surface area contributed by atoms with Crippen LogP contribution in [-0.2, 0) is 7.05 Å². The maximum absolute atomic E-state index is 6.30. The molecular formula is C15H14ClN3O. The Bertz CT molecular complexity index is 773. The molecule has 0 saturated heterocycles. The van der Waals surface area contributed by atoms with Gasteiger partial charge in [-0.25, -0.2) is 0 Å². The molecule has 3 rings (SSSR count). The van der Waals surface area contributed by atoms with Crippen molar-refractivity contribution in [1.82, 2.24) is 9.78 Å². The summed E-state index contributed by atoms with van der Waals surface area (Å²) in [4.78, 5) is 0. The summed E-state index contributed by atoms with van der Waals surface area (Å²) in [5, 5.41) is 5.15. The summed E-state index contributed by atoms with van der Waals surface area (Å²) < 4.78 is 7.02. The predicted molar refractivity (Wildman–Crippen MR) is 80.5 cm³/mol. The van der Waals surface area contributed by atoms with Gasteiger partial charge in [0.1, 0.15) is 17.3 Å². The third-order valence-electron chi connectivity index (χ3n) is 3.35. The summed E-state index contributed by atoms with van der Waals surface area (Å²) in [6.07, 6.45) is 1.64. The van der Waals surface area contributed by atoms with Crippen molar-refractivity contribution in [3.63, 3.8) is 0 Å². The van der Waals surface area contributed by atoms with E-state index in [9.17, 15) is 0 Å². The van der Waals surface area contributed by atoms with Gasteiger partial charge in [0.05, 0.1) is 11.8 Å². The maximum Gasteiger partial charge on any atom is 0.129 e. The van der Waals surface area contributed by atoms with Crippen LogP contribution in [0.2, 0.25) is 5.02 Å². The molecule has 2 N–H and O–H groups in total. The number of nitrogens with zero attached hydrogens (tertiary/aromatic N) is 2. The number of anilines is 1. The molecule has 0 radical (unpaired) electrons. The Morgan fingerprint density at radius 2 is 1.95 bits per heavy atom. The zero-order valence-corrected chi connectivity index (χ0v) is 12.0. The summed E-state index contributed by atoms with van der Waals surface area (Å²) in [5.41, 5.74) is 9.58. The summed E-state index contributed by atoms with van der Waals surface area (Å²) in [6.45, 7) is 1.90. The van der Waals surface area contributed by atoms with Crippen molar-refractivity contribution in [2.45, 2.75) is 6.92 Å². The van der Waals surface area contributed by atoms with Crippen LogP contribution in [0.5, 0.6) is 0 Å². The van der Waals surface area contributed by atoms with E-state index in [0.29, 0.717) is 10.8 Å². The number of hydrogen-bond acceptors (Lipinski definition) is 3. The fraction of sp³-hybridized carbons (Fsp3) is 0.133. The molecule has 0 aliphatic rings. The zero-order chi connectivity index (χ0) is 14.3. The molecule has 0 saturated carbocycles. The molecule has 102 valence electrons. The Kier molecular flexibility index (Phi) is 3.03. The molecule has 3 aromatic rings. The van der Waals surface area contributed by atoms with Gasteiger partial charge in [0, 0.05) is 23.2 Å². The summed E-state index contributed by atoms with van der Waals surface area (Å²) in [7, 11) is 1.81. The molecule has 0 bridgehead atoms. The first-order valence-corrected chi connectivity index (χ1v) is 6.59. The quantitative estimate of drug-likeness (QED) is 0.778. The normalized spacial score (nSPS) is 10.9. The number of benzene rings is 1. The van der Waals surface area contributed by atoms with Gasteiger partial charge in [-0.3, -0.25) is 4.68 Å². The van der Waals surface area contributed by atoms with Gasteiger partial charge < -0.3 is 10.2 Å². The lowest BCUT2D eigenvalue weighted by molar-refractivity contribution is 0.535. The minimum Gasteiger partial charge on any atom is -0.469 e. The molecule has 2 aromatic heterocycles. The average Bonchev–Trinajstić information content (AvgIpc) is 2.96. The number of rotatable bonds is 2. The Balaban J connectivity index is 2.31. The number of nitrogen functional groups attached to an aromatic ring is 1. The number of aromatic nitrogens is 2. The average molecular weight is 288 g/mol. The molecular weight excluding hydrogens is 274 g/mol. The van der Waals surface area contributed by atoms with Crippen LogP contribution in [0.1, 0.15) is 5.76 Å². The predicted octanol–water partition coefficient (Wildman–Crippen LogP) is 3.89. The molecule has 20 heavy (non-hydrogen) atoms. The van der Waals surface area contributed by atoms with Gasteiger partial charge in [0.2, 0.25) is 0 Å². The van der Waals surface area contributed by atoms with Gasteiger partial charge >= 0.3 is 0 Å². The highest BCUT2D eigenvalue weighted by molar-refractivity contribution is 6.33. The maximum atomic E-state index is 6.30. The molecule has 5 heteroatoms. The Hall–Kier alpha value is -2.20.